The standard InChI is InChI=1S/C18H18BrN3O3/c19-14-8-6-12(7-9-14)10-15(17(20)24)22-16(23)11-21-18(25)13-4-2-1-3-5-13/h1-9,15H,10-11H2,(H2,20,24)(H,21,25)(H,22,23)/t15-/m1/s1. The summed E-state index contributed by atoms with van der Waals surface area (Å²) in [7, 11) is 0. The maximum atomic E-state index is 12.0. The van der Waals surface area contributed by atoms with E-state index in [1.165, 1.54) is 0 Å². The molecule has 1 atom stereocenters. The van der Waals surface area contributed by atoms with E-state index in [2.05, 4.69) is 26.6 Å². The van der Waals surface area contributed by atoms with Crippen LogP contribution in [0.25, 0.3) is 0 Å². The summed E-state index contributed by atoms with van der Waals surface area (Å²) in [6.45, 7) is -0.238. The van der Waals surface area contributed by atoms with Crippen molar-refractivity contribution in [3.8, 4) is 0 Å². The first-order valence-electron chi connectivity index (χ1n) is 7.62. The molecule has 0 radical (unpaired) electrons. The number of nitrogens with two attached hydrogens (primary N) is 1. The van der Waals surface area contributed by atoms with Crippen LogP contribution in [0.3, 0.4) is 0 Å². The molecule has 0 spiro atoms. The van der Waals surface area contributed by atoms with Crippen LogP contribution in [0.1, 0.15) is 15.9 Å². The topological polar surface area (TPSA) is 101 Å². The zero-order chi connectivity index (χ0) is 18.2. The van der Waals surface area contributed by atoms with E-state index in [9.17, 15) is 14.4 Å². The Morgan fingerprint density at radius 3 is 2.24 bits per heavy atom. The molecule has 3 amide bonds. The molecule has 0 aliphatic carbocycles. The van der Waals surface area contributed by atoms with E-state index in [0.717, 1.165) is 10.0 Å². The second kappa shape index (κ2) is 8.98. The van der Waals surface area contributed by atoms with Crippen LogP contribution < -0.4 is 16.4 Å². The lowest BCUT2D eigenvalue weighted by molar-refractivity contribution is -0.126. The second-order valence-electron chi connectivity index (χ2n) is 5.40. The van der Waals surface area contributed by atoms with Gasteiger partial charge in [0.05, 0.1) is 6.54 Å². The lowest BCUT2D eigenvalue weighted by atomic mass is 10.1. The molecule has 0 fully saturated rings. The molecule has 0 saturated carbocycles. The minimum absolute atomic E-state index is 0.238. The highest BCUT2D eigenvalue weighted by Gasteiger charge is 2.19. The van der Waals surface area contributed by atoms with Crippen molar-refractivity contribution in [1.82, 2.24) is 10.6 Å². The van der Waals surface area contributed by atoms with Gasteiger partial charge in [0.1, 0.15) is 6.04 Å². The van der Waals surface area contributed by atoms with Crippen molar-refractivity contribution in [2.45, 2.75) is 12.5 Å². The van der Waals surface area contributed by atoms with Crippen LogP contribution in [0.4, 0.5) is 0 Å². The predicted molar refractivity (Wildman–Crippen MR) is 97.7 cm³/mol. The van der Waals surface area contributed by atoms with Crippen molar-refractivity contribution in [1.29, 1.82) is 0 Å². The number of carbonyl (C=O) groups is 3. The lowest BCUT2D eigenvalue weighted by Crippen LogP contribution is -2.49. The summed E-state index contributed by atoms with van der Waals surface area (Å²) < 4.78 is 0.916. The van der Waals surface area contributed by atoms with E-state index in [4.69, 9.17) is 5.73 Å². The Morgan fingerprint density at radius 1 is 1.00 bits per heavy atom. The molecule has 0 saturated heterocycles. The van der Waals surface area contributed by atoms with E-state index in [0.29, 0.717) is 5.56 Å². The van der Waals surface area contributed by atoms with Crippen LogP contribution in [-0.2, 0) is 16.0 Å². The Hall–Kier alpha value is -2.67. The number of carbonyl (C=O) groups excluding carboxylic acids is 3. The van der Waals surface area contributed by atoms with Gasteiger partial charge in [0, 0.05) is 16.5 Å². The molecule has 0 aliphatic heterocycles. The normalized spacial score (nSPS) is 11.4. The van der Waals surface area contributed by atoms with Gasteiger partial charge in [-0.25, -0.2) is 0 Å². The Morgan fingerprint density at radius 2 is 1.64 bits per heavy atom. The number of primary amides is 1. The van der Waals surface area contributed by atoms with Crippen molar-refractivity contribution >= 4 is 33.7 Å². The van der Waals surface area contributed by atoms with Gasteiger partial charge >= 0.3 is 0 Å². The molecule has 4 N–H and O–H groups in total. The highest BCUT2D eigenvalue weighted by Crippen LogP contribution is 2.12. The van der Waals surface area contributed by atoms with E-state index in [-0.39, 0.29) is 18.9 Å². The summed E-state index contributed by atoms with van der Waals surface area (Å²) in [6.07, 6.45) is 0.279. The van der Waals surface area contributed by atoms with Gasteiger partial charge in [-0.1, -0.05) is 46.3 Å². The number of rotatable bonds is 7. The van der Waals surface area contributed by atoms with Crippen molar-refractivity contribution in [2.24, 2.45) is 5.73 Å². The van der Waals surface area contributed by atoms with Gasteiger partial charge in [0.15, 0.2) is 0 Å². The monoisotopic (exact) mass is 403 g/mol. The zero-order valence-electron chi connectivity index (χ0n) is 13.4. The number of nitrogens with one attached hydrogen (secondary N) is 2. The molecule has 130 valence electrons. The summed E-state index contributed by atoms with van der Waals surface area (Å²) in [5, 5.41) is 5.05. The molecule has 7 heteroatoms. The summed E-state index contributed by atoms with van der Waals surface area (Å²) in [5.74, 6) is -1.48. The summed E-state index contributed by atoms with van der Waals surface area (Å²) in [6, 6.07) is 15.1. The molecule has 6 nitrogen and oxygen atoms in total. The van der Waals surface area contributed by atoms with Gasteiger partial charge in [-0.05, 0) is 29.8 Å². The third kappa shape index (κ3) is 6.04. The van der Waals surface area contributed by atoms with Gasteiger partial charge < -0.3 is 16.4 Å². The summed E-state index contributed by atoms with van der Waals surface area (Å²) in [5.41, 5.74) is 6.68. The number of amides is 3. The predicted octanol–water partition coefficient (Wildman–Crippen LogP) is 1.39. The molecule has 25 heavy (non-hydrogen) atoms. The molecule has 0 bridgehead atoms. The van der Waals surface area contributed by atoms with Crippen LogP contribution in [-0.4, -0.2) is 30.3 Å². The molecule has 2 rings (SSSR count). The van der Waals surface area contributed by atoms with E-state index in [1.54, 1.807) is 30.3 Å². The minimum atomic E-state index is -0.845. The van der Waals surface area contributed by atoms with Crippen LogP contribution >= 0.6 is 15.9 Å². The highest BCUT2D eigenvalue weighted by atomic mass is 79.9. The maximum Gasteiger partial charge on any atom is 0.251 e. The Bertz CT molecular complexity index is 748. The SMILES string of the molecule is NC(=O)[C@@H](Cc1ccc(Br)cc1)NC(=O)CNC(=O)c1ccccc1. The van der Waals surface area contributed by atoms with Gasteiger partial charge in [0.25, 0.3) is 5.91 Å². The molecule has 0 unspecified atom stereocenters. The fourth-order valence-corrected chi connectivity index (χ4v) is 2.44. The maximum absolute atomic E-state index is 12.0. The molecular weight excluding hydrogens is 386 g/mol. The molecule has 2 aromatic rings. The fourth-order valence-electron chi connectivity index (χ4n) is 2.18. The first-order valence-corrected chi connectivity index (χ1v) is 8.41. The van der Waals surface area contributed by atoms with E-state index < -0.39 is 17.9 Å². The van der Waals surface area contributed by atoms with Crippen molar-refractivity contribution in [3.05, 3.63) is 70.2 Å². The smallest absolute Gasteiger partial charge is 0.251 e. The third-order valence-corrected chi connectivity index (χ3v) is 4.01. The minimum Gasteiger partial charge on any atom is -0.368 e. The van der Waals surface area contributed by atoms with Crippen molar-refractivity contribution < 1.29 is 14.4 Å². The van der Waals surface area contributed by atoms with E-state index >= 15 is 0 Å². The number of benzene rings is 2. The van der Waals surface area contributed by atoms with Crippen LogP contribution in [0.5, 0.6) is 0 Å². The van der Waals surface area contributed by atoms with E-state index in [1.807, 2.05) is 24.3 Å². The fraction of sp³-hybridized carbons (Fsp3) is 0.167. The van der Waals surface area contributed by atoms with Crippen molar-refractivity contribution in [2.75, 3.05) is 6.54 Å². The average molecular weight is 404 g/mol. The largest absolute Gasteiger partial charge is 0.368 e. The highest BCUT2D eigenvalue weighted by molar-refractivity contribution is 9.10. The number of hydrogen-bond donors (Lipinski definition) is 3. The summed E-state index contributed by atoms with van der Waals surface area (Å²) in [4.78, 5) is 35.5. The van der Waals surface area contributed by atoms with Crippen LogP contribution in [0.2, 0.25) is 0 Å². The molecule has 2 aromatic carbocycles. The Balaban J connectivity index is 1.88. The third-order valence-electron chi connectivity index (χ3n) is 3.48. The first kappa shape index (κ1) is 18.7. The molecule has 0 aliphatic rings. The second-order valence-corrected chi connectivity index (χ2v) is 6.32. The Labute approximate surface area is 153 Å². The average Bonchev–Trinajstić information content (AvgIpc) is 2.61. The molecule has 0 heterocycles. The van der Waals surface area contributed by atoms with Crippen molar-refractivity contribution in [3.63, 3.8) is 0 Å². The number of hydrogen-bond acceptors (Lipinski definition) is 3. The lowest BCUT2D eigenvalue weighted by Gasteiger charge is -2.16. The van der Waals surface area contributed by atoms with Gasteiger partial charge in [0.2, 0.25) is 11.8 Å². The van der Waals surface area contributed by atoms with Gasteiger partial charge in [-0.15, -0.1) is 0 Å². The molecule has 0 aromatic heterocycles. The first-order chi connectivity index (χ1) is 12.0. The van der Waals surface area contributed by atoms with Crippen LogP contribution in [0, 0.1) is 0 Å². The molecular formula is C18H18BrN3O3. The van der Waals surface area contributed by atoms with Crippen LogP contribution in [0.15, 0.2) is 59.1 Å². The zero-order valence-corrected chi connectivity index (χ0v) is 15.0. The Kier molecular flexibility index (Phi) is 6.71. The quantitative estimate of drug-likeness (QED) is 0.650. The van der Waals surface area contributed by atoms with Gasteiger partial charge in [-0.3, -0.25) is 14.4 Å². The number of halogens is 1. The van der Waals surface area contributed by atoms with Gasteiger partial charge in [-0.2, -0.15) is 0 Å². The summed E-state index contributed by atoms with van der Waals surface area (Å²) >= 11 is 3.33.